The molecule has 2 rings (SSSR count). The lowest BCUT2D eigenvalue weighted by Crippen LogP contribution is -2.24. The first-order chi connectivity index (χ1) is 10.1. The van der Waals surface area contributed by atoms with Gasteiger partial charge in [-0.2, -0.15) is 0 Å². The van der Waals surface area contributed by atoms with Crippen molar-refractivity contribution in [2.24, 2.45) is 0 Å². The number of aliphatic hydroxyl groups excluding tert-OH is 1. The number of nitro benzene ring substituents is 1. The third kappa shape index (κ3) is 4.37. The summed E-state index contributed by atoms with van der Waals surface area (Å²) in [5.41, 5.74) is 1.72. The number of hydrogen-bond acceptors (Lipinski definition) is 4. The van der Waals surface area contributed by atoms with Gasteiger partial charge in [0.1, 0.15) is 0 Å². The Morgan fingerprint density at radius 1 is 1.19 bits per heavy atom. The van der Waals surface area contributed by atoms with E-state index in [4.69, 9.17) is 0 Å². The van der Waals surface area contributed by atoms with Gasteiger partial charge in [-0.15, -0.1) is 0 Å². The summed E-state index contributed by atoms with van der Waals surface area (Å²) in [4.78, 5) is 12.3. The summed E-state index contributed by atoms with van der Waals surface area (Å²) >= 11 is 0. The molecule has 0 fully saturated rings. The molecule has 0 aliphatic carbocycles. The van der Waals surface area contributed by atoms with Crippen LogP contribution in [-0.4, -0.2) is 28.5 Å². The fourth-order valence-electron chi connectivity index (χ4n) is 2.21. The summed E-state index contributed by atoms with van der Waals surface area (Å²) in [6.45, 7) is 1.13. The Hall–Kier alpha value is -2.24. The number of aliphatic hydroxyl groups is 1. The van der Waals surface area contributed by atoms with Gasteiger partial charge in [-0.1, -0.05) is 42.5 Å². The van der Waals surface area contributed by atoms with Gasteiger partial charge in [0.25, 0.3) is 5.69 Å². The molecule has 1 N–H and O–H groups in total. The maximum Gasteiger partial charge on any atom is 0.269 e. The van der Waals surface area contributed by atoms with E-state index in [1.807, 2.05) is 42.3 Å². The van der Waals surface area contributed by atoms with Gasteiger partial charge in [-0.3, -0.25) is 15.0 Å². The van der Waals surface area contributed by atoms with E-state index < -0.39 is 11.0 Å². The molecule has 0 heterocycles. The maximum absolute atomic E-state index is 10.8. The molecule has 0 amide bonds. The topological polar surface area (TPSA) is 66.6 Å². The Bertz CT molecular complexity index is 601. The zero-order valence-corrected chi connectivity index (χ0v) is 11.8. The lowest BCUT2D eigenvalue weighted by atomic mass is 10.1. The summed E-state index contributed by atoms with van der Waals surface area (Å²) < 4.78 is 0. The van der Waals surface area contributed by atoms with Crippen LogP contribution < -0.4 is 0 Å². The summed E-state index contributed by atoms with van der Waals surface area (Å²) in [5.74, 6) is 0. The lowest BCUT2D eigenvalue weighted by Gasteiger charge is -2.20. The lowest BCUT2D eigenvalue weighted by molar-refractivity contribution is -0.385. The first-order valence-corrected chi connectivity index (χ1v) is 6.71. The van der Waals surface area contributed by atoms with Crippen molar-refractivity contribution < 1.29 is 10.0 Å². The first kappa shape index (κ1) is 15.2. The minimum absolute atomic E-state index is 0.00253. The zero-order chi connectivity index (χ0) is 15.2. The van der Waals surface area contributed by atoms with Crippen LogP contribution in [0.15, 0.2) is 54.6 Å². The predicted molar refractivity (Wildman–Crippen MR) is 80.8 cm³/mol. The molecular weight excluding hydrogens is 268 g/mol. The molecule has 0 saturated carbocycles. The number of likely N-dealkylation sites (N-methyl/N-ethyl adjacent to an activating group) is 1. The Labute approximate surface area is 123 Å². The average Bonchev–Trinajstić information content (AvgIpc) is 2.48. The molecular formula is C16H18N2O3. The molecule has 5 nitrogen and oxygen atoms in total. The smallest absolute Gasteiger partial charge is 0.269 e. The third-order valence-electron chi connectivity index (χ3n) is 3.25. The van der Waals surface area contributed by atoms with Gasteiger partial charge < -0.3 is 5.11 Å². The summed E-state index contributed by atoms with van der Waals surface area (Å²) in [7, 11) is 1.91. The fraction of sp³-hybridized carbons (Fsp3) is 0.250. The molecule has 0 aliphatic heterocycles. The van der Waals surface area contributed by atoms with Crippen LogP contribution in [0, 0.1) is 10.1 Å². The number of non-ortho nitro benzene ring substituents is 1. The molecule has 2 aromatic carbocycles. The van der Waals surface area contributed by atoms with Crippen molar-refractivity contribution in [1.82, 2.24) is 4.90 Å². The monoisotopic (exact) mass is 286 g/mol. The van der Waals surface area contributed by atoms with Crippen molar-refractivity contribution in [3.63, 3.8) is 0 Å². The van der Waals surface area contributed by atoms with Gasteiger partial charge in [0.2, 0.25) is 0 Å². The van der Waals surface area contributed by atoms with Gasteiger partial charge >= 0.3 is 0 Å². The number of rotatable bonds is 6. The summed E-state index contributed by atoms with van der Waals surface area (Å²) in [5, 5.41) is 21.0. The van der Waals surface area contributed by atoms with E-state index >= 15 is 0 Å². The minimum Gasteiger partial charge on any atom is -0.387 e. The standard InChI is InChI=1S/C16H18N2O3/c1-17(11-13-6-3-2-4-7-13)12-16(19)14-8-5-9-15(10-14)18(20)21/h2-10,16,19H,11-12H2,1H3. The SMILES string of the molecule is CN(Cc1ccccc1)CC(O)c1cccc([N+](=O)[O-])c1. The molecule has 21 heavy (non-hydrogen) atoms. The van der Waals surface area contributed by atoms with E-state index in [0.717, 1.165) is 5.56 Å². The van der Waals surface area contributed by atoms with Gasteiger partial charge in [0, 0.05) is 25.2 Å². The summed E-state index contributed by atoms with van der Waals surface area (Å²) in [6, 6.07) is 16.1. The van der Waals surface area contributed by atoms with Crippen LogP contribution in [0.2, 0.25) is 0 Å². The van der Waals surface area contributed by atoms with E-state index in [1.54, 1.807) is 12.1 Å². The average molecular weight is 286 g/mol. The Kier molecular flexibility index (Phi) is 5.03. The van der Waals surface area contributed by atoms with Crippen LogP contribution in [0.4, 0.5) is 5.69 Å². The molecule has 5 heteroatoms. The molecule has 0 aromatic heterocycles. The number of hydrogen-bond donors (Lipinski definition) is 1. The largest absolute Gasteiger partial charge is 0.387 e. The van der Waals surface area contributed by atoms with Crippen LogP contribution in [0.5, 0.6) is 0 Å². The van der Waals surface area contributed by atoms with E-state index in [9.17, 15) is 15.2 Å². The van der Waals surface area contributed by atoms with E-state index in [-0.39, 0.29) is 5.69 Å². The van der Waals surface area contributed by atoms with E-state index in [2.05, 4.69) is 0 Å². The summed E-state index contributed by atoms with van der Waals surface area (Å²) in [6.07, 6.45) is -0.751. The molecule has 0 saturated heterocycles. The van der Waals surface area contributed by atoms with Crippen molar-refractivity contribution in [3.8, 4) is 0 Å². The van der Waals surface area contributed by atoms with Crippen molar-refractivity contribution >= 4 is 5.69 Å². The predicted octanol–water partition coefficient (Wildman–Crippen LogP) is 2.76. The van der Waals surface area contributed by atoms with Crippen LogP contribution >= 0.6 is 0 Å². The number of nitro groups is 1. The fourth-order valence-corrected chi connectivity index (χ4v) is 2.21. The van der Waals surface area contributed by atoms with Crippen LogP contribution in [-0.2, 0) is 6.54 Å². The van der Waals surface area contributed by atoms with Crippen molar-refractivity contribution in [2.75, 3.05) is 13.6 Å². The molecule has 0 bridgehead atoms. The van der Waals surface area contributed by atoms with Crippen LogP contribution in [0.25, 0.3) is 0 Å². The highest BCUT2D eigenvalue weighted by atomic mass is 16.6. The van der Waals surface area contributed by atoms with Crippen molar-refractivity contribution in [1.29, 1.82) is 0 Å². The molecule has 0 radical (unpaired) electrons. The van der Waals surface area contributed by atoms with Crippen molar-refractivity contribution in [3.05, 3.63) is 75.8 Å². The van der Waals surface area contributed by atoms with Crippen LogP contribution in [0.3, 0.4) is 0 Å². The number of benzene rings is 2. The van der Waals surface area contributed by atoms with Gasteiger partial charge in [0.05, 0.1) is 11.0 Å². The molecule has 110 valence electrons. The molecule has 2 aromatic rings. The van der Waals surface area contributed by atoms with Gasteiger partial charge in [-0.25, -0.2) is 0 Å². The third-order valence-corrected chi connectivity index (χ3v) is 3.25. The van der Waals surface area contributed by atoms with Gasteiger partial charge in [-0.05, 0) is 18.2 Å². The molecule has 1 atom stereocenters. The first-order valence-electron chi connectivity index (χ1n) is 6.71. The zero-order valence-electron chi connectivity index (χ0n) is 11.8. The molecule has 1 unspecified atom stereocenters. The Balaban J connectivity index is 1.99. The van der Waals surface area contributed by atoms with Crippen LogP contribution in [0.1, 0.15) is 17.2 Å². The minimum atomic E-state index is -0.751. The van der Waals surface area contributed by atoms with E-state index in [1.165, 1.54) is 12.1 Å². The maximum atomic E-state index is 10.8. The quantitative estimate of drug-likeness (QED) is 0.655. The Morgan fingerprint density at radius 2 is 1.90 bits per heavy atom. The second kappa shape index (κ2) is 6.97. The highest BCUT2D eigenvalue weighted by molar-refractivity contribution is 5.35. The molecule has 0 spiro atoms. The number of nitrogens with zero attached hydrogens (tertiary/aromatic N) is 2. The van der Waals surface area contributed by atoms with Crippen molar-refractivity contribution in [2.45, 2.75) is 12.6 Å². The van der Waals surface area contributed by atoms with Gasteiger partial charge in [0.15, 0.2) is 0 Å². The van der Waals surface area contributed by atoms with E-state index in [0.29, 0.717) is 18.7 Å². The second-order valence-electron chi connectivity index (χ2n) is 5.05. The highest BCUT2D eigenvalue weighted by Gasteiger charge is 2.14. The Morgan fingerprint density at radius 3 is 2.57 bits per heavy atom. The highest BCUT2D eigenvalue weighted by Crippen LogP contribution is 2.20. The normalized spacial score (nSPS) is 12.3. The second-order valence-corrected chi connectivity index (χ2v) is 5.05. The molecule has 0 aliphatic rings.